The van der Waals surface area contributed by atoms with E-state index < -0.39 is 0 Å². The average molecular weight is 213 g/mol. The summed E-state index contributed by atoms with van der Waals surface area (Å²) in [6.07, 6.45) is 0. The van der Waals surface area contributed by atoms with Gasteiger partial charge in [-0.05, 0) is 37.6 Å². The number of hydrogen-bond donors (Lipinski definition) is 2. The fourth-order valence-electron chi connectivity index (χ4n) is 1.49. The minimum Gasteiger partial charge on any atom is -0.397 e. The Hall–Kier alpha value is -2.03. The summed E-state index contributed by atoms with van der Waals surface area (Å²) in [4.78, 5) is 4.37. The fourth-order valence-corrected chi connectivity index (χ4v) is 1.49. The molecule has 0 aliphatic rings. The molecule has 0 bridgehead atoms. The summed E-state index contributed by atoms with van der Waals surface area (Å²) < 4.78 is 0. The highest BCUT2D eigenvalue weighted by Crippen LogP contribution is 2.20. The molecular weight excluding hydrogens is 198 g/mol. The molecule has 0 saturated carbocycles. The van der Waals surface area contributed by atoms with Crippen molar-refractivity contribution < 1.29 is 0 Å². The van der Waals surface area contributed by atoms with Crippen molar-refractivity contribution >= 4 is 17.2 Å². The number of hydrogen-bond acceptors (Lipinski definition) is 3. The maximum atomic E-state index is 5.72. The molecule has 1 aromatic heterocycles. The molecule has 0 radical (unpaired) electrons. The second kappa shape index (κ2) is 4.23. The van der Waals surface area contributed by atoms with Gasteiger partial charge in [0.15, 0.2) is 0 Å². The highest BCUT2D eigenvalue weighted by molar-refractivity contribution is 5.61. The molecule has 3 heteroatoms. The van der Waals surface area contributed by atoms with Crippen LogP contribution in [0.4, 0.5) is 17.2 Å². The van der Waals surface area contributed by atoms with Crippen LogP contribution in [-0.2, 0) is 0 Å². The van der Waals surface area contributed by atoms with Crippen molar-refractivity contribution in [3.05, 3.63) is 47.7 Å². The van der Waals surface area contributed by atoms with Crippen LogP contribution in [0.2, 0.25) is 0 Å². The molecule has 0 atom stereocenters. The van der Waals surface area contributed by atoms with E-state index >= 15 is 0 Å². The third-order valence-corrected chi connectivity index (χ3v) is 2.53. The van der Waals surface area contributed by atoms with E-state index in [1.54, 1.807) is 0 Å². The molecule has 3 nitrogen and oxygen atoms in total. The molecule has 0 aliphatic heterocycles. The van der Waals surface area contributed by atoms with Gasteiger partial charge in [0.05, 0.1) is 11.4 Å². The number of rotatable bonds is 2. The summed E-state index contributed by atoms with van der Waals surface area (Å²) in [7, 11) is 0. The van der Waals surface area contributed by atoms with Crippen LogP contribution in [0.1, 0.15) is 11.3 Å². The van der Waals surface area contributed by atoms with Crippen LogP contribution >= 0.6 is 0 Å². The lowest BCUT2D eigenvalue weighted by Gasteiger charge is -2.09. The van der Waals surface area contributed by atoms with Crippen molar-refractivity contribution in [1.29, 1.82) is 0 Å². The van der Waals surface area contributed by atoms with Crippen LogP contribution < -0.4 is 11.1 Å². The third-order valence-electron chi connectivity index (χ3n) is 2.53. The average Bonchev–Trinajstić information content (AvgIpc) is 2.27. The van der Waals surface area contributed by atoms with E-state index in [9.17, 15) is 0 Å². The number of nitrogens with one attached hydrogen (secondary N) is 1. The molecule has 2 rings (SSSR count). The molecule has 0 fully saturated rings. The number of pyridine rings is 1. The number of benzene rings is 1. The van der Waals surface area contributed by atoms with Gasteiger partial charge >= 0.3 is 0 Å². The summed E-state index contributed by atoms with van der Waals surface area (Å²) >= 11 is 0. The van der Waals surface area contributed by atoms with Gasteiger partial charge in [0.1, 0.15) is 5.82 Å². The maximum absolute atomic E-state index is 5.72. The molecule has 16 heavy (non-hydrogen) atoms. The van der Waals surface area contributed by atoms with Crippen molar-refractivity contribution in [3.8, 4) is 0 Å². The van der Waals surface area contributed by atoms with Crippen LogP contribution in [0.3, 0.4) is 0 Å². The first-order valence-electron chi connectivity index (χ1n) is 5.22. The molecule has 0 saturated heterocycles. The van der Waals surface area contributed by atoms with E-state index in [-0.39, 0.29) is 0 Å². The van der Waals surface area contributed by atoms with Gasteiger partial charge in [-0.25, -0.2) is 4.98 Å². The smallest absolute Gasteiger partial charge is 0.130 e. The minimum atomic E-state index is 0.718. The van der Waals surface area contributed by atoms with Gasteiger partial charge in [0.25, 0.3) is 0 Å². The second-order valence-electron chi connectivity index (χ2n) is 3.81. The Labute approximate surface area is 95.3 Å². The first-order chi connectivity index (χ1) is 7.66. The van der Waals surface area contributed by atoms with Crippen LogP contribution in [0.15, 0.2) is 36.4 Å². The van der Waals surface area contributed by atoms with E-state index in [4.69, 9.17) is 5.73 Å². The van der Waals surface area contributed by atoms with Gasteiger partial charge in [0.2, 0.25) is 0 Å². The van der Waals surface area contributed by atoms with Crippen molar-refractivity contribution in [2.75, 3.05) is 11.1 Å². The Kier molecular flexibility index (Phi) is 2.77. The molecule has 0 unspecified atom stereocenters. The number of anilines is 3. The largest absolute Gasteiger partial charge is 0.397 e. The van der Waals surface area contributed by atoms with E-state index in [1.807, 2.05) is 37.3 Å². The van der Waals surface area contributed by atoms with Crippen LogP contribution in [0, 0.1) is 13.8 Å². The highest BCUT2D eigenvalue weighted by Gasteiger charge is 2.00. The zero-order valence-electron chi connectivity index (χ0n) is 9.49. The zero-order valence-corrected chi connectivity index (χ0v) is 9.49. The predicted molar refractivity (Wildman–Crippen MR) is 67.8 cm³/mol. The van der Waals surface area contributed by atoms with Crippen molar-refractivity contribution in [2.24, 2.45) is 0 Å². The Morgan fingerprint density at radius 3 is 2.50 bits per heavy atom. The lowest BCUT2D eigenvalue weighted by Crippen LogP contribution is -1.99. The number of para-hydroxylation sites is 1. The molecule has 0 spiro atoms. The summed E-state index contributed by atoms with van der Waals surface area (Å²) in [5.41, 5.74) is 9.55. The lowest BCUT2D eigenvalue weighted by atomic mass is 10.2. The molecule has 1 heterocycles. The SMILES string of the molecule is Cc1ccccc1Nc1ccc(N)c(C)n1. The first kappa shape index (κ1) is 10.5. The van der Waals surface area contributed by atoms with Crippen LogP contribution in [0.25, 0.3) is 0 Å². The quantitative estimate of drug-likeness (QED) is 0.806. The standard InChI is InChI=1S/C13H15N3/c1-9-5-3-4-6-12(9)16-13-8-7-11(14)10(2)15-13/h3-8H,14H2,1-2H3,(H,15,16). The monoisotopic (exact) mass is 213 g/mol. The summed E-state index contributed by atoms with van der Waals surface area (Å²) in [6.45, 7) is 3.96. The lowest BCUT2D eigenvalue weighted by molar-refractivity contribution is 1.20. The van der Waals surface area contributed by atoms with Crippen LogP contribution in [0.5, 0.6) is 0 Å². The summed E-state index contributed by atoms with van der Waals surface area (Å²) in [6, 6.07) is 11.9. The first-order valence-corrected chi connectivity index (χ1v) is 5.22. The number of aromatic nitrogens is 1. The van der Waals surface area contributed by atoms with Crippen molar-refractivity contribution in [2.45, 2.75) is 13.8 Å². The predicted octanol–water partition coefficient (Wildman–Crippen LogP) is 3.02. The Bertz CT molecular complexity index is 506. The number of nitrogen functional groups attached to an aromatic ring is 1. The molecule has 1 aromatic carbocycles. The molecular formula is C13H15N3. The van der Waals surface area contributed by atoms with Gasteiger partial charge in [-0.2, -0.15) is 0 Å². The summed E-state index contributed by atoms with van der Waals surface area (Å²) in [5, 5.41) is 3.27. The van der Waals surface area contributed by atoms with Gasteiger partial charge in [-0.15, -0.1) is 0 Å². The number of nitrogens with two attached hydrogens (primary N) is 1. The normalized spacial score (nSPS) is 10.1. The van der Waals surface area contributed by atoms with Gasteiger partial charge in [-0.1, -0.05) is 18.2 Å². The Morgan fingerprint density at radius 2 is 1.81 bits per heavy atom. The van der Waals surface area contributed by atoms with E-state index in [2.05, 4.69) is 23.3 Å². The Balaban J connectivity index is 2.28. The number of nitrogens with zero attached hydrogens (tertiary/aromatic N) is 1. The zero-order chi connectivity index (χ0) is 11.5. The molecule has 0 aliphatic carbocycles. The highest BCUT2D eigenvalue weighted by atomic mass is 15.0. The van der Waals surface area contributed by atoms with Crippen LogP contribution in [-0.4, -0.2) is 4.98 Å². The Morgan fingerprint density at radius 1 is 1.06 bits per heavy atom. The van der Waals surface area contributed by atoms with Gasteiger partial charge < -0.3 is 11.1 Å². The maximum Gasteiger partial charge on any atom is 0.130 e. The fraction of sp³-hybridized carbons (Fsp3) is 0.154. The van der Waals surface area contributed by atoms with Gasteiger partial charge in [-0.3, -0.25) is 0 Å². The molecule has 0 amide bonds. The second-order valence-corrected chi connectivity index (χ2v) is 3.81. The van der Waals surface area contributed by atoms with E-state index in [0.717, 1.165) is 22.9 Å². The molecule has 2 aromatic rings. The van der Waals surface area contributed by atoms with E-state index in [0.29, 0.717) is 0 Å². The molecule has 3 N–H and O–H groups in total. The van der Waals surface area contributed by atoms with Gasteiger partial charge in [0, 0.05) is 5.69 Å². The third kappa shape index (κ3) is 2.14. The van der Waals surface area contributed by atoms with E-state index in [1.165, 1.54) is 5.56 Å². The molecule has 82 valence electrons. The topological polar surface area (TPSA) is 50.9 Å². The van der Waals surface area contributed by atoms with Crippen molar-refractivity contribution in [1.82, 2.24) is 4.98 Å². The number of aryl methyl sites for hydroxylation is 2. The summed E-state index contributed by atoms with van der Waals surface area (Å²) in [5.74, 6) is 0.820. The minimum absolute atomic E-state index is 0.718. The van der Waals surface area contributed by atoms with Crippen molar-refractivity contribution in [3.63, 3.8) is 0 Å².